The summed E-state index contributed by atoms with van der Waals surface area (Å²) in [6.07, 6.45) is 4.31. The number of H-pyrrole nitrogens is 1. The number of nitrogens with one attached hydrogen (secondary N) is 2. The maximum Gasteiger partial charge on any atom is 0.410 e. The van der Waals surface area contributed by atoms with Crippen LogP contribution in [-0.4, -0.2) is 62.5 Å². The van der Waals surface area contributed by atoms with Crippen LogP contribution in [0.2, 0.25) is 0 Å². The molecule has 0 amide bonds. The monoisotopic (exact) mass is 408 g/mol. The molecule has 2 aliphatic rings. The highest BCUT2D eigenvalue weighted by molar-refractivity contribution is 7.96. The predicted molar refractivity (Wildman–Crippen MR) is 104 cm³/mol. The van der Waals surface area contributed by atoms with Crippen molar-refractivity contribution < 1.29 is 13.2 Å². The molecule has 1 unspecified atom stereocenters. The van der Waals surface area contributed by atoms with Crippen LogP contribution < -0.4 is 5.32 Å². The van der Waals surface area contributed by atoms with Gasteiger partial charge in [-0.15, -0.1) is 0 Å². The van der Waals surface area contributed by atoms with Crippen molar-refractivity contribution in [3.05, 3.63) is 54.3 Å². The predicted octanol–water partition coefficient (Wildman–Crippen LogP) is 3.13. The summed E-state index contributed by atoms with van der Waals surface area (Å²) in [5.41, 5.74) is 2.76. The fourth-order valence-electron chi connectivity index (χ4n) is 3.52. The molecule has 0 bridgehead atoms. The van der Waals surface area contributed by atoms with Crippen molar-refractivity contribution in [1.82, 2.24) is 29.7 Å². The molecule has 0 aliphatic carbocycles. The van der Waals surface area contributed by atoms with Crippen LogP contribution in [0.1, 0.15) is 5.56 Å². The van der Waals surface area contributed by atoms with Gasteiger partial charge < -0.3 is 10.2 Å². The molecule has 0 spiro atoms. The molecule has 148 valence electrons. The molecule has 4 heterocycles. The molecule has 28 heavy (non-hydrogen) atoms. The van der Waals surface area contributed by atoms with Crippen LogP contribution in [0.25, 0.3) is 16.6 Å². The van der Waals surface area contributed by atoms with Crippen molar-refractivity contribution in [2.45, 2.75) is 12.2 Å². The highest BCUT2D eigenvalue weighted by atomic mass is 32.2. The quantitative estimate of drug-likeness (QED) is 0.761. The van der Waals surface area contributed by atoms with Gasteiger partial charge in [-0.05, 0) is 35.6 Å². The molecule has 2 aromatic heterocycles. The Labute approximate surface area is 164 Å². The molecule has 2 aromatic rings. The Morgan fingerprint density at radius 1 is 1.29 bits per heavy atom. The van der Waals surface area contributed by atoms with Crippen LogP contribution in [-0.2, 0) is 0 Å². The molecule has 0 radical (unpaired) electrons. The molecule has 1 saturated heterocycles. The van der Waals surface area contributed by atoms with Crippen LogP contribution in [0, 0.1) is 0 Å². The highest BCUT2D eigenvalue weighted by Gasteiger charge is 2.47. The Morgan fingerprint density at radius 3 is 2.86 bits per heavy atom. The molecule has 0 saturated carbocycles. The van der Waals surface area contributed by atoms with Gasteiger partial charge in [-0.2, -0.15) is 18.3 Å². The van der Waals surface area contributed by atoms with E-state index in [0.717, 1.165) is 16.5 Å². The fraction of sp³-hybridized carbons (Fsp3) is 0.333. The summed E-state index contributed by atoms with van der Waals surface area (Å²) in [6, 6.07) is 0.231. The van der Waals surface area contributed by atoms with Gasteiger partial charge in [0, 0.05) is 36.9 Å². The Hall–Kier alpha value is -2.46. The standard InChI is InChI=1S/C18H19F3N6S/c1-11-7-12(13-3-4-22-17-14(13)9-23-25-17)8-16(24-11)27-6-5-26(28-2)10-15(27)18(19,20)21/h3-4,7-9,15,24H,1,5-6,10H2,2H3,(H,22,23,25). The highest BCUT2D eigenvalue weighted by Crippen LogP contribution is 2.34. The lowest BCUT2D eigenvalue weighted by Crippen LogP contribution is -2.58. The number of rotatable bonds is 3. The van der Waals surface area contributed by atoms with Crippen molar-refractivity contribution in [2.75, 3.05) is 25.9 Å². The van der Waals surface area contributed by atoms with E-state index in [2.05, 4.69) is 27.1 Å². The van der Waals surface area contributed by atoms with Gasteiger partial charge in [-0.25, -0.2) is 9.29 Å². The van der Waals surface area contributed by atoms with E-state index in [0.29, 0.717) is 23.7 Å². The van der Waals surface area contributed by atoms with Gasteiger partial charge in [0.2, 0.25) is 0 Å². The fourth-order valence-corrected chi connectivity index (χ4v) is 4.07. The normalized spacial score (nSPS) is 21.5. The summed E-state index contributed by atoms with van der Waals surface area (Å²) in [5, 5.41) is 10.6. The number of dihydropyridines is 1. The topological polar surface area (TPSA) is 60.1 Å². The Morgan fingerprint density at radius 2 is 2.11 bits per heavy atom. The number of alkyl halides is 3. The number of pyridine rings is 1. The first-order chi connectivity index (χ1) is 13.4. The molecule has 2 N–H and O–H groups in total. The van der Waals surface area contributed by atoms with E-state index in [1.165, 1.54) is 16.8 Å². The van der Waals surface area contributed by atoms with Crippen molar-refractivity contribution in [1.29, 1.82) is 0 Å². The van der Waals surface area contributed by atoms with E-state index < -0.39 is 12.2 Å². The summed E-state index contributed by atoms with van der Waals surface area (Å²) in [6.45, 7) is 4.65. The van der Waals surface area contributed by atoms with Gasteiger partial charge in [-0.3, -0.25) is 5.10 Å². The van der Waals surface area contributed by atoms with Gasteiger partial charge in [0.1, 0.15) is 11.9 Å². The lowest BCUT2D eigenvalue weighted by Gasteiger charge is -2.44. The van der Waals surface area contributed by atoms with Gasteiger partial charge in [0.05, 0.1) is 6.20 Å². The first kappa shape index (κ1) is 18.9. The van der Waals surface area contributed by atoms with Crippen LogP contribution in [0.15, 0.2) is 48.7 Å². The van der Waals surface area contributed by atoms with Crippen molar-refractivity contribution in [2.24, 2.45) is 0 Å². The lowest BCUT2D eigenvalue weighted by atomic mass is 10.00. The lowest BCUT2D eigenvalue weighted by molar-refractivity contribution is -0.187. The number of hydrogen-bond donors (Lipinski definition) is 2. The van der Waals surface area contributed by atoms with Crippen molar-refractivity contribution in [3.8, 4) is 0 Å². The van der Waals surface area contributed by atoms with Crippen LogP contribution in [0.4, 0.5) is 13.2 Å². The second-order valence-electron chi connectivity index (χ2n) is 6.59. The summed E-state index contributed by atoms with van der Waals surface area (Å²) in [5.74, 6) is 0.402. The average molecular weight is 408 g/mol. The van der Waals surface area contributed by atoms with Gasteiger partial charge in [0.25, 0.3) is 0 Å². The van der Waals surface area contributed by atoms with Gasteiger partial charge in [-0.1, -0.05) is 18.5 Å². The van der Waals surface area contributed by atoms with Gasteiger partial charge >= 0.3 is 6.18 Å². The van der Waals surface area contributed by atoms with Crippen molar-refractivity contribution in [3.63, 3.8) is 0 Å². The minimum Gasteiger partial charge on any atom is -0.344 e. The number of piperazine rings is 1. The Balaban J connectivity index is 1.72. The largest absolute Gasteiger partial charge is 0.410 e. The van der Waals surface area contributed by atoms with E-state index in [1.54, 1.807) is 29.0 Å². The molecule has 6 nitrogen and oxygen atoms in total. The van der Waals surface area contributed by atoms with Crippen molar-refractivity contribution >= 4 is 28.6 Å². The van der Waals surface area contributed by atoms with Crippen LogP contribution in [0.3, 0.4) is 0 Å². The van der Waals surface area contributed by atoms with E-state index in [9.17, 15) is 13.2 Å². The molecule has 4 rings (SSSR count). The number of hydrogen-bond acceptors (Lipinski definition) is 6. The van der Waals surface area contributed by atoms with E-state index in [4.69, 9.17) is 0 Å². The smallest absolute Gasteiger partial charge is 0.344 e. The van der Waals surface area contributed by atoms with E-state index in [-0.39, 0.29) is 13.1 Å². The van der Waals surface area contributed by atoms with Gasteiger partial charge in [0.15, 0.2) is 5.65 Å². The summed E-state index contributed by atoms with van der Waals surface area (Å²) >= 11 is 1.34. The summed E-state index contributed by atoms with van der Waals surface area (Å²) in [7, 11) is 0. The molecular formula is C18H19F3N6S. The molecule has 10 heteroatoms. The number of halogens is 3. The first-order valence-electron chi connectivity index (χ1n) is 8.67. The zero-order valence-electron chi connectivity index (χ0n) is 15.1. The molecule has 2 aliphatic heterocycles. The van der Waals surface area contributed by atoms with Crippen LogP contribution >= 0.6 is 11.9 Å². The SMILES string of the molecule is C=C1C=C(c2ccnc3[nH]ncc23)C=C(N2CCN(SC)CC2C(F)(F)F)N1. The minimum absolute atomic E-state index is 0.0869. The van der Waals surface area contributed by atoms with E-state index >= 15 is 0 Å². The number of aromatic amines is 1. The molecule has 1 atom stereocenters. The Bertz CT molecular complexity index is 964. The van der Waals surface area contributed by atoms with E-state index in [1.807, 2.05) is 12.1 Å². The zero-order valence-corrected chi connectivity index (χ0v) is 15.9. The number of allylic oxidation sites excluding steroid dienone is 3. The maximum atomic E-state index is 13.7. The number of nitrogens with zero attached hydrogens (tertiary/aromatic N) is 4. The number of fused-ring (bicyclic) bond motifs is 1. The molecule has 1 fully saturated rings. The third kappa shape index (κ3) is 3.49. The third-order valence-electron chi connectivity index (χ3n) is 4.86. The minimum atomic E-state index is -4.34. The average Bonchev–Trinajstić information content (AvgIpc) is 3.15. The summed E-state index contributed by atoms with van der Waals surface area (Å²) in [4.78, 5) is 5.60. The number of aromatic nitrogens is 3. The molecular weight excluding hydrogens is 389 g/mol. The first-order valence-corrected chi connectivity index (χ1v) is 9.85. The Kier molecular flexibility index (Phi) is 4.84. The summed E-state index contributed by atoms with van der Waals surface area (Å²) < 4.78 is 43.0. The second-order valence-corrected chi connectivity index (χ2v) is 7.47. The maximum absolute atomic E-state index is 13.7. The van der Waals surface area contributed by atoms with Crippen LogP contribution in [0.5, 0.6) is 0 Å². The molecule has 0 aromatic carbocycles. The second kappa shape index (κ2) is 7.17. The third-order valence-corrected chi connectivity index (χ3v) is 5.71. The zero-order chi connectivity index (χ0) is 19.9.